The monoisotopic (exact) mass is 238 g/mol. The topological polar surface area (TPSA) is 54.4 Å². The summed E-state index contributed by atoms with van der Waals surface area (Å²) in [6.07, 6.45) is 0.512. The Hall–Kier alpha value is -1.29. The number of carbonyl (C=O) groups is 2. The van der Waals surface area contributed by atoms with E-state index in [-0.39, 0.29) is 5.12 Å². The molecule has 0 amide bonds. The first-order chi connectivity index (χ1) is 7.61. The van der Waals surface area contributed by atoms with Gasteiger partial charge in [0, 0.05) is 11.3 Å². The number of hydrogen-bond donors (Lipinski definition) is 1. The van der Waals surface area contributed by atoms with Crippen molar-refractivity contribution < 1.29 is 14.7 Å². The predicted molar refractivity (Wildman–Crippen MR) is 64.6 cm³/mol. The molecular weight excluding hydrogens is 224 g/mol. The summed E-state index contributed by atoms with van der Waals surface area (Å²) in [6.45, 7) is 1.65. The van der Waals surface area contributed by atoms with Gasteiger partial charge in [-0.2, -0.15) is 0 Å². The number of carboxylic acid groups (broad SMARTS) is 1. The van der Waals surface area contributed by atoms with Crippen LogP contribution in [0.25, 0.3) is 0 Å². The van der Waals surface area contributed by atoms with Gasteiger partial charge >= 0.3 is 5.97 Å². The molecule has 0 spiro atoms. The minimum absolute atomic E-state index is 0.00168. The summed E-state index contributed by atoms with van der Waals surface area (Å²) < 4.78 is 0. The zero-order valence-corrected chi connectivity index (χ0v) is 9.87. The molecule has 0 radical (unpaired) electrons. The number of benzene rings is 1. The SMILES string of the molecule is CC(CCSC(=O)c1ccccc1)C(=O)O. The molecule has 0 aliphatic heterocycles. The van der Waals surface area contributed by atoms with Gasteiger partial charge in [0.2, 0.25) is 5.12 Å². The summed E-state index contributed by atoms with van der Waals surface area (Å²) in [5, 5.41) is 8.67. The zero-order chi connectivity index (χ0) is 12.0. The van der Waals surface area contributed by atoms with Crippen molar-refractivity contribution in [2.75, 3.05) is 5.75 Å². The summed E-state index contributed by atoms with van der Waals surface area (Å²) in [5.74, 6) is -0.662. The van der Waals surface area contributed by atoms with Crippen molar-refractivity contribution in [1.29, 1.82) is 0 Å². The van der Waals surface area contributed by atoms with Crippen LogP contribution in [0.15, 0.2) is 30.3 Å². The van der Waals surface area contributed by atoms with E-state index in [1.54, 1.807) is 19.1 Å². The van der Waals surface area contributed by atoms with E-state index in [1.807, 2.05) is 18.2 Å². The molecule has 1 N–H and O–H groups in total. The Kier molecular flexibility index (Phi) is 5.05. The van der Waals surface area contributed by atoms with Crippen LogP contribution in [0.5, 0.6) is 0 Å². The molecule has 1 aromatic rings. The number of rotatable bonds is 5. The van der Waals surface area contributed by atoms with Crippen molar-refractivity contribution in [2.24, 2.45) is 5.92 Å². The number of hydrogen-bond acceptors (Lipinski definition) is 3. The van der Waals surface area contributed by atoms with E-state index in [4.69, 9.17) is 5.11 Å². The molecule has 4 heteroatoms. The number of thioether (sulfide) groups is 1. The zero-order valence-electron chi connectivity index (χ0n) is 9.05. The highest BCUT2D eigenvalue weighted by Crippen LogP contribution is 2.15. The molecule has 0 fully saturated rings. The minimum atomic E-state index is -0.812. The van der Waals surface area contributed by atoms with E-state index in [0.717, 1.165) is 0 Å². The average Bonchev–Trinajstić information content (AvgIpc) is 2.29. The third-order valence-electron chi connectivity index (χ3n) is 2.22. The van der Waals surface area contributed by atoms with E-state index in [1.165, 1.54) is 11.8 Å². The Morgan fingerprint density at radius 2 is 1.94 bits per heavy atom. The fourth-order valence-electron chi connectivity index (χ4n) is 1.11. The number of carbonyl (C=O) groups excluding carboxylic acids is 1. The van der Waals surface area contributed by atoms with Crippen LogP contribution in [0.4, 0.5) is 0 Å². The van der Waals surface area contributed by atoms with Crippen LogP contribution in [0.2, 0.25) is 0 Å². The van der Waals surface area contributed by atoms with Crippen molar-refractivity contribution in [3.05, 3.63) is 35.9 Å². The van der Waals surface area contributed by atoms with Crippen LogP contribution in [0, 0.1) is 5.92 Å². The lowest BCUT2D eigenvalue weighted by Crippen LogP contribution is -2.10. The average molecular weight is 238 g/mol. The third-order valence-corrected chi connectivity index (χ3v) is 3.15. The molecule has 1 rings (SSSR count). The molecule has 0 aliphatic rings. The first-order valence-corrected chi connectivity index (χ1v) is 6.05. The molecule has 0 aromatic heterocycles. The van der Waals surface area contributed by atoms with Crippen LogP contribution in [-0.4, -0.2) is 21.9 Å². The van der Waals surface area contributed by atoms with Crippen LogP contribution in [-0.2, 0) is 4.79 Å². The lowest BCUT2D eigenvalue weighted by molar-refractivity contribution is -0.141. The summed E-state index contributed by atoms with van der Waals surface area (Å²) in [5.41, 5.74) is 0.662. The Morgan fingerprint density at radius 1 is 1.31 bits per heavy atom. The van der Waals surface area contributed by atoms with Gasteiger partial charge in [-0.25, -0.2) is 0 Å². The maximum Gasteiger partial charge on any atom is 0.306 e. The van der Waals surface area contributed by atoms with Gasteiger partial charge in [-0.05, 0) is 6.42 Å². The number of aliphatic carboxylic acids is 1. The van der Waals surface area contributed by atoms with E-state index >= 15 is 0 Å². The lowest BCUT2D eigenvalue weighted by Gasteiger charge is -2.04. The van der Waals surface area contributed by atoms with E-state index in [0.29, 0.717) is 17.7 Å². The Balaban J connectivity index is 2.34. The second kappa shape index (κ2) is 6.33. The predicted octanol–water partition coefficient (Wildman–Crippen LogP) is 2.67. The Labute approximate surface area is 98.9 Å². The highest BCUT2D eigenvalue weighted by molar-refractivity contribution is 8.14. The molecule has 86 valence electrons. The van der Waals surface area contributed by atoms with E-state index < -0.39 is 11.9 Å². The molecule has 3 nitrogen and oxygen atoms in total. The second-order valence-corrected chi connectivity index (χ2v) is 4.60. The van der Waals surface area contributed by atoms with Gasteiger partial charge in [-0.15, -0.1) is 0 Å². The Bertz CT molecular complexity index is 362. The first kappa shape index (κ1) is 12.8. The largest absolute Gasteiger partial charge is 0.481 e. The van der Waals surface area contributed by atoms with Crippen molar-refractivity contribution in [3.8, 4) is 0 Å². The molecule has 0 heterocycles. The molecule has 1 unspecified atom stereocenters. The smallest absolute Gasteiger partial charge is 0.306 e. The number of carboxylic acids is 1. The van der Waals surface area contributed by atoms with Gasteiger partial charge in [0.25, 0.3) is 0 Å². The van der Waals surface area contributed by atoms with Crippen molar-refractivity contribution in [3.63, 3.8) is 0 Å². The van der Waals surface area contributed by atoms with Gasteiger partial charge in [-0.1, -0.05) is 49.0 Å². The van der Waals surface area contributed by atoms with Gasteiger partial charge in [-0.3, -0.25) is 9.59 Å². The fraction of sp³-hybridized carbons (Fsp3) is 0.333. The summed E-state index contributed by atoms with van der Waals surface area (Å²) >= 11 is 1.17. The lowest BCUT2D eigenvalue weighted by atomic mass is 10.1. The van der Waals surface area contributed by atoms with Gasteiger partial charge in [0.1, 0.15) is 0 Å². The third kappa shape index (κ3) is 4.06. The maximum absolute atomic E-state index is 11.6. The molecule has 0 saturated carbocycles. The maximum atomic E-state index is 11.6. The van der Waals surface area contributed by atoms with Crippen molar-refractivity contribution >= 4 is 22.8 Å². The molecule has 0 bridgehead atoms. The van der Waals surface area contributed by atoms with Crippen molar-refractivity contribution in [2.45, 2.75) is 13.3 Å². The summed E-state index contributed by atoms with van der Waals surface area (Å²) in [7, 11) is 0. The normalized spacial score (nSPS) is 12.1. The van der Waals surface area contributed by atoms with Crippen LogP contribution < -0.4 is 0 Å². The molecular formula is C12H14O3S. The van der Waals surface area contributed by atoms with Crippen LogP contribution in [0.1, 0.15) is 23.7 Å². The first-order valence-electron chi connectivity index (χ1n) is 5.06. The minimum Gasteiger partial charge on any atom is -0.481 e. The molecule has 1 aromatic carbocycles. The Morgan fingerprint density at radius 3 is 2.50 bits per heavy atom. The molecule has 16 heavy (non-hydrogen) atoms. The standard InChI is InChI=1S/C12H14O3S/c1-9(11(13)14)7-8-16-12(15)10-5-3-2-4-6-10/h2-6,9H,7-8H2,1H3,(H,13,14). The highest BCUT2D eigenvalue weighted by Gasteiger charge is 2.12. The van der Waals surface area contributed by atoms with Crippen LogP contribution >= 0.6 is 11.8 Å². The highest BCUT2D eigenvalue weighted by atomic mass is 32.2. The van der Waals surface area contributed by atoms with Gasteiger partial charge in [0.15, 0.2) is 0 Å². The second-order valence-electron chi connectivity index (χ2n) is 3.53. The molecule has 1 atom stereocenters. The van der Waals surface area contributed by atoms with Gasteiger partial charge in [0.05, 0.1) is 5.92 Å². The molecule has 0 saturated heterocycles. The summed E-state index contributed by atoms with van der Waals surface area (Å²) in [4.78, 5) is 22.2. The quantitative estimate of drug-likeness (QED) is 0.856. The molecule has 0 aliphatic carbocycles. The van der Waals surface area contributed by atoms with Gasteiger partial charge < -0.3 is 5.11 Å². The van der Waals surface area contributed by atoms with E-state index in [2.05, 4.69) is 0 Å². The fourth-order valence-corrected chi connectivity index (χ4v) is 2.07. The van der Waals surface area contributed by atoms with Crippen molar-refractivity contribution in [1.82, 2.24) is 0 Å². The van der Waals surface area contributed by atoms with Crippen LogP contribution in [0.3, 0.4) is 0 Å². The van der Waals surface area contributed by atoms with E-state index in [9.17, 15) is 9.59 Å². The summed E-state index contributed by atoms with van der Waals surface area (Å²) in [6, 6.07) is 9.00.